The zero-order valence-electron chi connectivity index (χ0n) is 13.3. The minimum atomic E-state index is -0.437. The Bertz CT molecular complexity index is 818. The van der Waals surface area contributed by atoms with Gasteiger partial charge in [-0.15, -0.1) is 0 Å². The number of hydrogen-bond acceptors (Lipinski definition) is 4. The molecule has 118 valence electrons. The second kappa shape index (κ2) is 6.65. The SMILES string of the molecule is CCCCOC(=O)c1cc2nc(-c3ccc(C)cc3)ccc2o1. The largest absolute Gasteiger partial charge is 0.460 e. The van der Waals surface area contributed by atoms with Gasteiger partial charge < -0.3 is 9.15 Å². The molecule has 2 aromatic heterocycles. The zero-order chi connectivity index (χ0) is 16.2. The molecule has 0 radical (unpaired) electrons. The number of aromatic nitrogens is 1. The molecule has 0 aliphatic heterocycles. The third-order valence-corrected chi connectivity index (χ3v) is 3.65. The monoisotopic (exact) mass is 309 g/mol. The van der Waals surface area contributed by atoms with E-state index in [4.69, 9.17) is 9.15 Å². The van der Waals surface area contributed by atoms with Crippen molar-refractivity contribution < 1.29 is 13.9 Å². The molecule has 4 nitrogen and oxygen atoms in total. The maximum absolute atomic E-state index is 11.9. The Morgan fingerprint density at radius 2 is 1.96 bits per heavy atom. The molecule has 3 rings (SSSR count). The fourth-order valence-corrected chi connectivity index (χ4v) is 2.29. The van der Waals surface area contributed by atoms with E-state index in [1.807, 2.05) is 50.2 Å². The summed E-state index contributed by atoms with van der Waals surface area (Å²) in [7, 11) is 0. The quantitative estimate of drug-likeness (QED) is 0.503. The lowest BCUT2D eigenvalue weighted by atomic mass is 10.1. The average Bonchev–Trinajstić information content (AvgIpc) is 2.99. The highest BCUT2D eigenvalue weighted by Gasteiger charge is 2.15. The van der Waals surface area contributed by atoms with E-state index in [1.165, 1.54) is 5.56 Å². The Hall–Kier alpha value is -2.62. The summed E-state index contributed by atoms with van der Waals surface area (Å²) in [5.74, 6) is -0.238. The first-order valence-corrected chi connectivity index (χ1v) is 7.82. The predicted molar refractivity (Wildman–Crippen MR) is 89.4 cm³/mol. The van der Waals surface area contributed by atoms with Gasteiger partial charge in [-0.2, -0.15) is 0 Å². The second-order valence-electron chi connectivity index (χ2n) is 5.55. The van der Waals surface area contributed by atoms with Gasteiger partial charge in [0.25, 0.3) is 0 Å². The van der Waals surface area contributed by atoms with Gasteiger partial charge in [-0.05, 0) is 25.5 Å². The van der Waals surface area contributed by atoms with Crippen molar-refractivity contribution in [1.29, 1.82) is 0 Å². The fraction of sp³-hybridized carbons (Fsp3) is 0.263. The lowest BCUT2D eigenvalue weighted by Gasteiger charge is -2.01. The van der Waals surface area contributed by atoms with Gasteiger partial charge in [0.2, 0.25) is 5.76 Å². The third-order valence-electron chi connectivity index (χ3n) is 3.65. The number of hydrogen-bond donors (Lipinski definition) is 0. The summed E-state index contributed by atoms with van der Waals surface area (Å²) in [4.78, 5) is 16.5. The van der Waals surface area contributed by atoms with Crippen LogP contribution in [-0.4, -0.2) is 17.6 Å². The van der Waals surface area contributed by atoms with Crippen molar-refractivity contribution in [1.82, 2.24) is 4.98 Å². The number of carbonyl (C=O) groups is 1. The van der Waals surface area contributed by atoms with Crippen molar-refractivity contribution in [3.8, 4) is 11.3 Å². The summed E-state index contributed by atoms with van der Waals surface area (Å²) in [5, 5.41) is 0. The Labute approximate surface area is 135 Å². The fourth-order valence-electron chi connectivity index (χ4n) is 2.29. The molecule has 0 saturated carbocycles. The number of pyridine rings is 1. The molecule has 0 bridgehead atoms. The number of rotatable bonds is 5. The minimum Gasteiger partial charge on any atom is -0.460 e. The van der Waals surface area contributed by atoms with Crippen molar-refractivity contribution >= 4 is 17.1 Å². The number of ether oxygens (including phenoxy) is 1. The van der Waals surface area contributed by atoms with Crippen molar-refractivity contribution in [2.24, 2.45) is 0 Å². The van der Waals surface area contributed by atoms with Crippen LogP contribution in [0.15, 0.2) is 46.9 Å². The van der Waals surface area contributed by atoms with Crippen LogP contribution in [-0.2, 0) is 4.74 Å². The number of nitrogens with zero attached hydrogens (tertiary/aromatic N) is 1. The molecule has 0 saturated heterocycles. The topological polar surface area (TPSA) is 52.3 Å². The van der Waals surface area contributed by atoms with Gasteiger partial charge in [0.15, 0.2) is 5.58 Å². The molecule has 0 fully saturated rings. The highest BCUT2D eigenvalue weighted by atomic mass is 16.5. The minimum absolute atomic E-state index is 0.199. The molecular weight excluding hydrogens is 290 g/mol. The molecule has 0 unspecified atom stereocenters. The molecule has 0 aliphatic rings. The molecule has 0 atom stereocenters. The number of fused-ring (bicyclic) bond motifs is 1. The molecule has 0 aliphatic carbocycles. The first-order valence-electron chi connectivity index (χ1n) is 7.82. The first-order chi connectivity index (χ1) is 11.2. The Kier molecular flexibility index (Phi) is 4.42. The normalized spacial score (nSPS) is 10.9. The van der Waals surface area contributed by atoms with Gasteiger partial charge in [0.1, 0.15) is 5.52 Å². The summed E-state index contributed by atoms with van der Waals surface area (Å²) in [5.41, 5.74) is 4.33. The van der Waals surface area contributed by atoms with Crippen LogP contribution in [0, 0.1) is 6.92 Å². The first kappa shape index (κ1) is 15.3. The van der Waals surface area contributed by atoms with Crippen molar-refractivity contribution in [3.63, 3.8) is 0 Å². The highest BCUT2D eigenvalue weighted by molar-refractivity contribution is 5.91. The molecule has 0 spiro atoms. The smallest absolute Gasteiger partial charge is 0.374 e. The summed E-state index contributed by atoms with van der Waals surface area (Å²) >= 11 is 0. The number of unbranched alkanes of at least 4 members (excludes halogenated alkanes) is 1. The molecule has 2 heterocycles. The summed E-state index contributed by atoms with van der Waals surface area (Å²) < 4.78 is 10.7. The van der Waals surface area contributed by atoms with Crippen LogP contribution in [0.1, 0.15) is 35.9 Å². The van der Waals surface area contributed by atoms with Crippen molar-refractivity contribution in [2.75, 3.05) is 6.61 Å². The van der Waals surface area contributed by atoms with Crippen LogP contribution >= 0.6 is 0 Å². The zero-order valence-corrected chi connectivity index (χ0v) is 13.3. The second-order valence-corrected chi connectivity index (χ2v) is 5.55. The predicted octanol–water partition coefficient (Wildman–Crippen LogP) is 4.76. The van der Waals surface area contributed by atoms with Crippen LogP contribution in [0.3, 0.4) is 0 Å². The standard InChI is InChI=1S/C19H19NO3/c1-3-4-11-22-19(21)18-12-16-17(23-18)10-9-15(20-16)14-7-5-13(2)6-8-14/h5-10,12H,3-4,11H2,1-2H3. The van der Waals surface area contributed by atoms with Crippen LogP contribution in [0.2, 0.25) is 0 Å². The van der Waals surface area contributed by atoms with E-state index in [-0.39, 0.29) is 5.76 Å². The molecule has 1 aromatic carbocycles. The number of esters is 1. The van der Waals surface area contributed by atoms with E-state index in [2.05, 4.69) is 4.98 Å². The number of carbonyl (C=O) groups excluding carboxylic acids is 1. The molecule has 23 heavy (non-hydrogen) atoms. The summed E-state index contributed by atoms with van der Waals surface area (Å²) in [6.07, 6.45) is 1.83. The lowest BCUT2D eigenvalue weighted by Crippen LogP contribution is -2.04. The number of furan rings is 1. The van der Waals surface area contributed by atoms with Crippen LogP contribution in [0.25, 0.3) is 22.4 Å². The number of aryl methyl sites for hydroxylation is 1. The van der Waals surface area contributed by atoms with Crippen LogP contribution in [0.4, 0.5) is 0 Å². The molecule has 0 N–H and O–H groups in total. The Balaban J connectivity index is 1.86. The maximum atomic E-state index is 11.9. The number of benzene rings is 1. The van der Waals surface area contributed by atoms with Crippen LogP contribution in [0.5, 0.6) is 0 Å². The van der Waals surface area contributed by atoms with Crippen LogP contribution < -0.4 is 0 Å². The van der Waals surface area contributed by atoms with Gasteiger partial charge in [0, 0.05) is 11.6 Å². The molecule has 4 heteroatoms. The third kappa shape index (κ3) is 3.42. The van der Waals surface area contributed by atoms with Crippen molar-refractivity contribution in [3.05, 3.63) is 53.8 Å². The van der Waals surface area contributed by atoms with E-state index in [1.54, 1.807) is 6.07 Å². The van der Waals surface area contributed by atoms with Gasteiger partial charge in [0.05, 0.1) is 12.3 Å². The maximum Gasteiger partial charge on any atom is 0.374 e. The molecular formula is C19H19NO3. The van der Waals surface area contributed by atoms with Crippen molar-refractivity contribution in [2.45, 2.75) is 26.7 Å². The lowest BCUT2D eigenvalue weighted by molar-refractivity contribution is 0.0466. The Morgan fingerprint density at radius 3 is 2.70 bits per heavy atom. The molecule has 0 amide bonds. The van der Waals surface area contributed by atoms with Gasteiger partial charge in [-0.3, -0.25) is 0 Å². The summed E-state index contributed by atoms with van der Waals surface area (Å²) in [6, 6.07) is 13.5. The van der Waals surface area contributed by atoms with E-state index < -0.39 is 5.97 Å². The average molecular weight is 309 g/mol. The summed E-state index contributed by atoms with van der Waals surface area (Å²) in [6.45, 7) is 4.51. The van der Waals surface area contributed by atoms with E-state index in [0.717, 1.165) is 24.1 Å². The van der Waals surface area contributed by atoms with E-state index in [9.17, 15) is 4.79 Å². The van der Waals surface area contributed by atoms with Gasteiger partial charge >= 0.3 is 5.97 Å². The Morgan fingerprint density at radius 1 is 1.17 bits per heavy atom. The van der Waals surface area contributed by atoms with Gasteiger partial charge in [-0.1, -0.05) is 43.2 Å². The highest BCUT2D eigenvalue weighted by Crippen LogP contribution is 2.24. The van der Waals surface area contributed by atoms with Gasteiger partial charge in [-0.25, -0.2) is 9.78 Å². The molecule has 3 aromatic rings. The van der Waals surface area contributed by atoms with E-state index in [0.29, 0.717) is 17.7 Å². The van der Waals surface area contributed by atoms with E-state index >= 15 is 0 Å².